The van der Waals surface area contributed by atoms with Gasteiger partial charge in [-0.1, -0.05) is 61.5 Å². The second-order valence-electron chi connectivity index (χ2n) is 5.19. The summed E-state index contributed by atoms with van der Waals surface area (Å²) in [7, 11) is 0. The van der Waals surface area contributed by atoms with Crippen LogP contribution in [0.4, 0.5) is 0 Å². The summed E-state index contributed by atoms with van der Waals surface area (Å²) in [6, 6.07) is 20.5. The number of rotatable bonds is 4. The van der Waals surface area contributed by atoms with Gasteiger partial charge in [0, 0.05) is 17.7 Å². The van der Waals surface area contributed by atoms with Gasteiger partial charge < -0.3 is 5.73 Å². The molecule has 2 N–H and O–H groups in total. The third kappa shape index (κ3) is 3.95. The first-order valence-electron chi connectivity index (χ1n) is 7.53. The fourth-order valence-electron chi connectivity index (χ4n) is 2.38. The van der Waals surface area contributed by atoms with Gasteiger partial charge in [-0.05, 0) is 18.1 Å². The molecule has 118 valence electrons. The molecule has 0 fully saturated rings. The predicted octanol–water partition coefficient (Wildman–Crippen LogP) is 4.25. The van der Waals surface area contributed by atoms with Crippen molar-refractivity contribution in [2.75, 3.05) is 0 Å². The number of halogens is 1. The zero-order chi connectivity index (χ0) is 15.4. The van der Waals surface area contributed by atoms with Crippen LogP contribution in [0, 0.1) is 0 Å². The number of benzene rings is 2. The SMILES string of the molecule is CCc1ccc(-c2cc(CN)nc(-c3ccccc3)n2)cc1.Cl. The Balaban J connectivity index is 0.00000192. The van der Waals surface area contributed by atoms with Crippen LogP contribution in [0.3, 0.4) is 0 Å². The van der Waals surface area contributed by atoms with Crippen molar-refractivity contribution in [2.45, 2.75) is 19.9 Å². The van der Waals surface area contributed by atoms with Gasteiger partial charge in [0.05, 0.1) is 11.4 Å². The minimum absolute atomic E-state index is 0. The quantitative estimate of drug-likeness (QED) is 0.780. The molecule has 4 heteroatoms. The Morgan fingerprint density at radius 2 is 1.57 bits per heavy atom. The highest BCUT2D eigenvalue weighted by Crippen LogP contribution is 2.23. The maximum Gasteiger partial charge on any atom is 0.160 e. The Morgan fingerprint density at radius 1 is 0.870 bits per heavy atom. The van der Waals surface area contributed by atoms with Crippen molar-refractivity contribution < 1.29 is 0 Å². The standard InChI is InChI=1S/C19H19N3.ClH/c1-2-14-8-10-15(11-9-14)18-12-17(13-20)21-19(22-18)16-6-4-3-5-7-16;/h3-12H,2,13,20H2,1H3;1H. The lowest BCUT2D eigenvalue weighted by Gasteiger charge is -2.08. The fourth-order valence-corrected chi connectivity index (χ4v) is 2.38. The third-order valence-corrected chi connectivity index (χ3v) is 3.68. The maximum absolute atomic E-state index is 5.80. The van der Waals surface area contributed by atoms with Gasteiger partial charge in [-0.15, -0.1) is 12.4 Å². The van der Waals surface area contributed by atoms with Crippen LogP contribution in [0.25, 0.3) is 22.6 Å². The summed E-state index contributed by atoms with van der Waals surface area (Å²) in [6.45, 7) is 2.56. The van der Waals surface area contributed by atoms with Crippen LogP contribution in [-0.4, -0.2) is 9.97 Å². The van der Waals surface area contributed by atoms with Crippen LogP contribution in [0.1, 0.15) is 18.2 Å². The Labute approximate surface area is 143 Å². The van der Waals surface area contributed by atoms with E-state index in [1.54, 1.807) is 0 Å². The molecule has 0 unspecified atom stereocenters. The Kier molecular flexibility index (Phi) is 5.85. The molecule has 3 aromatic rings. The van der Waals surface area contributed by atoms with Gasteiger partial charge in [0.2, 0.25) is 0 Å². The Hall–Kier alpha value is -2.23. The van der Waals surface area contributed by atoms with Gasteiger partial charge in [0.15, 0.2) is 5.82 Å². The lowest BCUT2D eigenvalue weighted by atomic mass is 10.1. The molecule has 0 amide bonds. The van der Waals surface area contributed by atoms with Crippen molar-refractivity contribution >= 4 is 12.4 Å². The van der Waals surface area contributed by atoms with Crippen molar-refractivity contribution in [1.82, 2.24) is 9.97 Å². The second-order valence-corrected chi connectivity index (χ2v) is 5.19. The molecular formula is C19H20ClN3. The average molecular weight is 326 g/mol. The first kappa shape index (κ1) is 17.1. The highest BCUT2D eigenvalue weighted by Gasteiger charge is 2.08. The summed E-state index contributed by atoms with van der Waals surface area (Å²) in [5.74, 6) is 0.720. The molecular weight excluding hydrogens is 306 g/mol. The summed E-state index contributed by atoms with van der Waals surface area (Å²) in [5.41, 5.74) is 11.0. The first-order valence-corrected chi connectivity index (χ1v) is 7.53. The molecule has 2 aromatic carbocycles. The lowest BCUT2D eigenvalue weighted by molar-refractivity contribution is 0.972. The molecule has 3 nitrogen and oxygen atoms in total. The fraction of sp³-hybridized carbons (Fsp3) is 0.158. The molecule has 0 aliphatic rings. The summed E-state index contributed by atoms with van der Waals surface area (Å²) >= 11 is 0. The number of nitrogens with zero attached hydrogens (tertiary/aromatic N) is 2. The molecule has 0 spiro atoms. The molecule has 1 aromatic heterocycles. The van der Waals surface area contributed by atoms with Crippen molar-refractivity contribution in [3.05, 3.63) is 71.9 Å². The monoisotopic (exact) mass is 325 g/mol. The van der Waals surface area contributed by atoms with E-state index in [0.717, 1.165) is 34.8 Å². The Bertz CT molecular complexity index is 755. The van der Waals surface area contributed by atoms with E-state index in [1.807, 2.05) is 36.4 Å². The van der Waals surface area contributed by atoms with Crippen molar-refractivity contribution in [3.63, 3.8) is 0 Å². The summed E-state index contributed by atoms with van der Waals surface area (Å²) in [4.78, 5) is 9.26. The van der Waals surface area contributed by atoms with Crippen LogP contribution in [0.2, 0.25) is 0 Å². The Morgan fingerprint density at radius 3 is 2.17 bits per heavy atom. The molecule has 0 saturated heterocycles. The van der Waals surface area contributed by atoms with Crippen LogP contribution in [0.5, 0.6) is 0 Å². The minimum atomic E-state index is 0. The summed E-state index contributed by atoms with van der Waals surface area (Å²) in [6.07, 6.45) is 1.04. The average Bonchev–Trinajstić information content (AvgIpc) is 2.62. The van der Waals surface area contributed by atoms with E-state index in [9.17, 15) is 0 Å². The third-order valence-electron chi connectivity index (χ3n) is 3.68. The van der Waals surface area contributed by atoms with E-state index in [-0.39, 0.29) is 12.4 Å². The molecule has 0 aliphatic heterocycles. The minimum Gasteiger partial charge on any atom is -0.325 e. The normalized spacial score (nSPS) is 10.2. The second kappa shape index (κ2) is 7.86. The van der Waals surface area contributed by atoms with E-state index in [1.165, 1.54) is 5.56 Å². The van der Waals surface area contributed by atoms with E-state index >= 15 is 0 Å². The van der Waals surface area contributed by atoms with Crippen LogP contribution in [-0.2, 0) is 13.0 Å². The number of aromatic nitrogens is 2. The molecule has 3 rings (SSSR count). The summed E-state index contributed by atoms with van der Waals surface area (Å²) < 4.78 is 0. The lowest BCUT2D eigenvalue weighted by Crippen LogP contribution is -2.03. The van der Waals surface area contributed by atoms with E-state index in [4.69, 9.17) is 10.7 Å². The number of hydrogen-bond acceptors (Lipinski definition) is 3. The predicted molar refractivity (Wildman–Crippen MR) is 97.4 cm³/mol. The first-order chi connectivity index (χ1) is 10.8. The van der Waals surface area contributed by atoms with Gasteiger partial charge in [-0.25, -0.2) is 9.97 Å². The van der Waals surface area contributed by atoms with Gasteiger partial charge in [0.1, 0.15) is 0 Å². The highest BCUT2D eigenvalue weighted by atomic mass is 35.5. The molecule has 23 heavy (non-hydrogen) atoms. The molecule has 0 aliphatic carbocycles. The van der Waals surface area contributed by atoms with Gasteiger partial charge in [-0.2, -0.15) is 0 Å². The topological polar surface area (TPSA) is 51.8 Å². The van der Waals surface area contributed by atoms with Crippen molar-refractivity contribution in [2.24, 2.45) is 5.73 Å². The van der Waals surface area contributed by atoms with Crippen molar-refractivity contribution in [3.8, 4) is 22.6 Å². The van der Waals surface area contributed by atoms with Crippen molar-refractivity contribution in [1.29, 1.82) is 0 Å². The zero-order valence-corrected chi connectivity index (χ0v) is 13.9. The number of aryl methyl sites for hydroxylation is 1. The molecule has 0 bridgehead atoms. The smallest absolute Gasteiger partial charge is 0.160 e. The maximum atomic E-state index is 5.80. The highest BCUT2D eigenvalue weighted by molar-refractivity contribution is 5.85. The number of nitrogens with two attached hydrogens (primary N) is 1. The molecule has 0 atom stereocenters. The zero-order valence-electron chi connectivity index (χ0n) is 13.1. The van der Waals surface area contributed by atoms with Crippen LogP contribution in [0.15, 0.2) is 60.7 Å². The van der Waals surface area contributed by atoms with E-state index < -0.39 is 0 Å². The van der Waals surface area contributed by atoms with E-state index in [0.29, 0.717) is 6.54 Å². The van der Waals surface area contributed by atoms with Gasteiger partial charge in [0.25, 0.3) is 0 Å². The number of hydrogen-bond donors (Lipinski definition) is 1. The molecule has 0 radical (unpaired) electrons. The van der Waals surface area contributed by atoms with E-state index in [2.05, 4.69) is 36.2 Å². The van der Waals surface area contributed by atoms with Crippen LogP contribution < -0.4 is 5.73 Å². The van der Waals surface area contributed by atoms with Gasteiger partial charge >= 0.3 is 0 Å². The molecule has 0 saturated carbocycles. The molecule has 1 heterocycles. The van der Waals surface area contributed by atoms with Gasteiger partial charge in [-0.3, -0.25) is 0 Å². The summed E-state index contributed by atoms with van der Waals surface area (Å²) in [5, 5.41) is 0. The largest absolute Gasteiger partial charge is 0.325 e. The van der Waals surface area contributed by atoms with Crippen LogP contribution >= 0.6 is 12.4 Å².